The van der Waals surface area contributed by atoms with E-state index >= 15 is 0 Å². The Morgan fingerprint density at radius 1 is 1.31 bits per heavy atom. The van der Waals surface area contributed by atoms with Crippen molar-refractivity contribution in [1.29, 1.82) is 0 Å². The fraction of sp³-hybridized carbons (Fsp3) is 0.111. The number of methoxy groups -OCH3 is 1. The van der Waals surface area contributed by atoms with E-state index in [2.05, 4.69) is 9.97 Å². The molecule has 0 atom stereocenters. The molecule has 0 radical (unpaired) electrons. The number of aromatic nitrogens is 2. The zero-order valence-electron chi connectivity index (χ0n) is 7.06. The molecule has 1 aromatic heterocycles. The first-order valence-electron chi connectivity index (χ1n) is 3.79. The van der Waals surface area contributed by atoms with Crippen LogP contribution in [0.4, 0.5) is 0 Å². The smallest absolute Gasteiger partial charge is 0.221 e. The maximum absolute atomic E-state index is 9.34. The van der Waals surface area contributed by atoms with Gasteiger partial charge in [-0.1, -0.05) is 0 Å². The van der Waals surface area contributed by atoms with Crippen LogP contribution in [0.1, 0.15) is 0 Å². The highest BCUT2D eigenvalue weighted by Crippen LogP contribution is 2.23. The standard InChI is InChI=1S/C9H8N2O2/c1-13-6-2-3-7-8(4-6)10-5-11-9(7)12/h2-5H,1H3,(H,10,11,12). The van der Waals surface area contributed by atoms with Gasteiger partial charge in [0, 0.05) is 6.07 Å². The fourth-order valence-electron chi connectivity index (χ4n) is 1.15. The van der Waals surface area contributed by atoms with Gasteiger partial charge < -0.3 is 9.84 Å². The first kappa shape index (κ1) is 7.79. The number of hydrogen-bond acceptors (Lipinski definition) is 4. The first-order chi connectivity index (χ1) is 6.31. The molecule has 0 unspecified atom stereocenters. The Bertz CT molecular complexity index is 443. The van der Waals surface area contributed by atoms with Gasteiger partial charge in [-0.15, -0.1) is 0 Å². The molecule has 4 nitrogen and oxygen atoms in total. The van der Waals surface area contributed by atoms with Crippen LogP contribution in [-0.4, -0.2) is 22.2 Å². The van der Waals surface area contributed by atoms with Gasteiger partial charge in [0.15, 0.2) is 0 Å². The lowest BCUT2D eigenvalue weighted by atomic mass is 10.2. The van der Waals surface area contributed by atoms with Gasteiger partial charge in [-0.05, 0) is 12.1 Å². The zero-order valence-corrected chi connectivity index (χ0v) is 7.06. The van der Waals surface area contributed by atoms with E-state index in [1.165, 1.54) is 6.33 Å². The van der Waals surface area contributed by atoms with Crippen LogP contribution in [0.2, 0.25) is 0 Å². The third-order valence-electron chi connectivity index (χ3n) is 1.82. The Balaban J connectivity index is 2.72. The van der Waals surface area contributed by atoms with Crippen molar-refractivity contribution in [3.8, 4) is 11.6 Å². The molecule has 0 aliphatic rings. The molecule has 0 amide bonds. The Kier molecular flexibility index (Phi) is 1.73. The van der Waals surface area contributed by atoms with E-state index in [1.807, 2.05) is 0 Å². The van der Waals surface area contributed by atoms with Gasteiger partial charge in [0.1, 0.15) is 12.1 Å². The van der Waals surface area contributed by atoms with Gasteiger partial charge in [0.05, 0.1) is 18.0 Å². The number of ether oxygens (including phenoxy) is 1. The monoisotopic (exact) mass is 176 g/mol. The summed E-state index contributed by atoms with van der Waals surface area (Å²) in [6, 6.07) is 5.23. The maximum atomic E-state index is 9.34. The van der Waals surface area contributed by atoms with E-state index in [-0.39, 0.29) is 5.88 Å². The third kappa shape index (κ3) is 1.26. The second-order valence-corrected chi connectivity index (χ2v) is 2.58. The Morgan fingerprint density at radius 2 is 2.15 bits per heavy atom. The average Bonchev–Trinajstić information content (AvgIpc) is 2.18. The van der Waals surface area contributed by atoms with Gasteiger partial charge in [-0.2, -0.15) is 0 Å². The number of aromatic hydroxyl groups is 1. The summed E-state index contributed by atoms with van der Waals surface area (Å²) in [5.41, 5.74) is 0.673. The first-order valence-corrected chi connectivity index (χ1v) is 3.79. The van der Waals surface area contributed by atoms with Crippen LogP contribution in [0.3, 0.4) is 0 Å². The fourth-order valence-corrected chi connectivity index (χ4v) is 1.15. The van der Waals surface area contributed by atoms with Crippen molar-refractivity contribution in [1.82, 2.24) is 9.97 Å². The van der Waals surface area contributed by atoms with Gasteiger partial charge >= 0.3 is 0 Å². The minimum atomic E-state index is -0.00680. The molecule has 0 aliphatic carbocycles. The lowest BCUT2D eigenvalue weighted by molar-refractivity contribution is 0.415. The van der Waals surface area contributed by atoms with Gasteiger partial charge in [-0.25, -0.2) is 9.97 Å². The van der Waals surface area contributed by atoms with Gasteiger partial charge in [-0.3, -0.25) is 0 Å². The van der Waals surface area contributed by atoms with E-state index in [1.54, 1.807) is 25.3 Å². The Morgan fingerprint density at radius 3 is 2.92 bits per heavy atom. The lowest BCUT2D eigenvalue weighted by Gasteiger charge is -2.01. The predicted molar refractivity (Wildman–Crippen MR) is 47.8 cm³/mol. The minimum Gasteiger partial charge on any atom is -0.497 e. The summed E-state index contributed by atoms with van der Waals surface area (Å²) in [6.07, 6.45) is 1.32. The summed E-state index contributed by atoms with van der Waals surface area (Å²) in [5.74, 6) is 0.707. The molecule has 0 bridgehead atoms. The van der Waals surface area contributed by atoms with Crippen LogP contribution in [0.15, 0.2) is 24.5 Å². The van der Waals surface area contributed by atoms with Gasteiger partial charge in [0.25, 0.3) is 0 Å². The van der Waals surface area contributed by atoms with E-state index in [0.717, 1.165) is 0 Å². The largest absolute Gasteiger partial charge is 0.497 e. The van der Waals surface area contributed by atoms with Crippen molar-refractivity contribution in [3.05, 3.63) is 24.5 Å². The van der Waals surface area contributed by atoms with E-state index in [9.17, 15) is 5.11 Å². The molecule has 13 heavy (non-hydrogen) atoms. The summed E-state index contributed by atoms with van der Waals surface area (Å²) >= 11 is 0. The molecule has 4 heteroatoms. The van der Waals surface area contributed by atoms with Crippen molar-refractivity contribution < 1.29 is 9.84 Å². The minimum absolute atomic E-state index is 0.00680. The molecule has 0 saturated heterocycles. The molecule has 0 fully saturated rings. The number of benzene rings is 1. The summed E-state index contributed by atoms with van der Waals surface area (Å²) in [7, 11) is 1.59. The van der Waals surface area contributed by atoms with Crippen molar-refractivity contribution in [3.63, 3.8) is 0 Å². The normalized spacial score (nSPS) is 10.2. The third-order valence-corrected chi connectivity index (χ3v) is 1.82. The molecular formula is C9H8N2O2. The number of fused-ring (bicyclic) bond motifs is 1. The SMILES string of the molecule is COc1ccc2c(O)ncnc2c1. The summed E-state index contributed by atoms with van der Waals surface area (Å²) in [4.78, 5) is 7.67. The molecule has 0 saturated carbocycles. The van der Waals surface area contributed by atoms with Gasteiger partial charge in [0.2, 0.25) is 5.88 Å². The molecule has 1 aromatic carbocycles. The molecule has 1 N–H and O–H groups in total. The lowest BCUT2D eigenvalue weighted by Crippen LogP contribution is -1.86. The number of hydrogen-bond donors (Lipinski definition) is 1. The second kappa shape index (κ2) is 2.90. The van der Waals surface area contributed by atoms with E-state index in [0.29, 0.717) is 16.7 Å². The molecule has 66 valence electrons. The molecular weight excluding hydrogens is 168 g/mol. The maximum Gasteiger partial charge on any atom is 0.221 e. The Hall–Kier alpha value is -1.84. The van der Waals surface area contributed by atoms with Crippen molar-refractivity contribution in [2.24, 2.45) is 0 Å². The quantitative estimate of drug-likeness (QED) is 0.712. The van der Waals surface area contributed by atoms with E-state index in [4.69, 9.17) is 4.74 Å². The molecule has 0 spiro atoms. The summed E-state index contributed by atoms with van der Waals surface area (Å²) in [6.45, 7) is 0. The molecule has 0 aliphatic heterocycles. The average molecular weight is 176 g/mol. The number of rotatable bonds is 1. The molecule has 2 rings (SSSR count). The second-order valence-electron chi connectivity index (χ2n) is 2.58. The van der Waals surface area contributed by atoms with Crippen LogP contribution in [0.5, 0.6) is 11.6 Å². The summed E-state index contributed by atoms with van der Waals surface area (Å²) < 4.78 is 5.02. The van der Waals surface area contributed by atoms with Crippen molar-refractivity contribution in [2.45, 2.75) is 0 Å². The highest BCUT2D eigenvalue weighted by molar-refractivity contribution is 5.83. The predicted octanol–water partition coefficient (Wildman–Crippen LogP) is 1.34. The van der Waals surface area contributed by atoms with Crippen LogP contribution in [-0.2, 0) is 0 Å². The van der Waals surface area contributed by atoms with Crippen LogP contribution < -0.4 is 4.74 Å². The zero-order chi connectivity index (χ0) is 9.26. The molecule has 2 aromatic rings. The van der Waals surface area contributed by atoms with Crippen LogP contribution in [0.25, 0.3) is 10.9 Å². The van der Waals surface area contributed by atoms with Crippen molar-refractivity contribution >= 4 is 10.9 Å². The Labute approximate surface area is 74.8 Å². The van der Waals surface area contributed by atoms with Crippen LogP contribution >= 0.6 is 0 Å². The topological polar surface area (TPSA) is 55.2 Å². The summed E-state index contributed by atoms with van der Waals surface area (Å²) in [5, 5.41) is 9.97. The van der Waals surface area contributed by atoms with Crippen LogP contribution in [0, 0.1) is 0 Å². The van der Waals surface area contributed by atoms with E-state index < -0.39 is 0 Å². The highest BCUT2D eigenvalue weighted by Gasteiger charge is 2.01. The van der Waals surface area contributed by atoms with Crippen molar-refractivity contribution in [2.75, 3.05) is 7.11 Å². The highest BCUT2D eigenvalue weighted by atomic mass is 16.5. The number of nitrogens with zero attached hydrogens (tertiary/aromatic N) is 2. The molecule has 1 heterocycles.